The standard InChI is InChI=1S/C24H27FN2O2/c1-15-12-16(2)22(17(3)13-15)26-23(29)24(10-4-5-11-24)27-20(14-21(27)28)18-6-8-19(25)9-7-18/h6-9,12-13,20H,4-5,10-11,14H2,1-3H3,(H,26,29). The van der Waals surface area contributed by atoms with Crippen LogP contribution in [0.4, 0.5) is 10.1 Å². The summed E-state index contributed by atoms with van der Waals surface area (Å²) in [6.45, 7) is 6.02. The Hall–Kier alpha value is -2.69. The summed E-state index contributed by atoms with van der Waals surface area (Å²) in [5.74, 6) is -0.413. The lowest BCUT2D eigenvalue weighted by Crippen LogP contribution is -2.64. The molecule has 2 aromatic carbocycles. The van der Waals surface area contributed by atoms with E-state index in [4.69, 9.17) is 0 Å². The molecule has 4 nitrogen and oxygen atoms in total. The smallest absolute Gasteiger partial charge is 0.250 e. The lowest BCUT2D eigenvalue weighted by Gasteiger charge is -2.51. The monoisotopic (exact) mass is 394 g/mol. The van der Waals surface area contributed by atoms with Gasteiger partial charge in [-0.3, -0.25) is 9.59 Å². The van der Waals surface area contributed by atoms with Crippen LogP contribution in [-0.4, -0.2) is 22.3 Å². The number of anilines is 1. The average Bonchev–Trinajstić information content (AvgIpc) is 3.13. The Morgan fingerprint density at radius 3 is 2.21 bits per heavy atom. The summed E-state index contributed by atoms with van der Waals surface area (Å²) < 4.78 is 13.4. The highest BCUT2D eigenvalue weighted by Crippen LogP contribution is 2.48. The lowest BCUT2D eigenvalue weighted by molar-refractivity contribution is -0.163. The molecule has 1 aliphatic carbocycles. The van der Waals surface area contributed by atoms with Gasteiger partial charge in [-0.2, -0.15) is 0 Å². The number of benzene rings is 2. The van der Waals surface area contributed by atoms with Gasteiger partial charge >= 0.3 is 0 Å². The number of hydrogen-bond donors (Lipinski definition) is 1. The van der Waals surface area contributed by atoms with Gasteiger partial charge in [0, 0.05) is 5.69 Å². The summed E-state index contributed by atoms with van der Waals surface area (Å²) in [6.07, 6.45) is 3.51. The molecule has 0 spiro atoms. The van der Waals surface area contributed by atoms with Crippen molar-refractivity contribution in [2.24, 2.45) is 0 Å². The fourth-order valence-corrected chi connectivity index (χ4v) is 5.05. The Balaban J connectivity index is 1.66. The molecular weight excluding hydrogens is 367 g/mol. The van der Waals surface area contributed by atoms with E-state index in [1.807, 2.05) is 20.8 Å². The second-order valence-electron chi connectivity index (χ2n) is 8.50. The number of nitrogens with zero attached hydrogens (tertiary/aromatic N) is 1. The van der Waals surface area contributed by atoms with E-state index in [1.54, 1.807) is 17.0 Å². The molecule has 1 atom stereocenters. The second-order valence-corrected chi connectivity index (χ2v) is 8.50. The van der Waals surface area contributed by atoms with Gasteiger partial charge < -0.3 is 10.2 Å². The van der Waals surface area contributed by atoms with Gasteiger partial charge in [0.05, 0.1) is 12.5 Å². The summed E-state index contributed by atoms with van der Waals surface area (Å²) in [6, 6.07) is 10.2. The number of nitrogens with one attached hydrogen (secondary N) is 1. The van der Waals surface area contributed by atoms with Gasteiger partial charge in [0.15, 0.2) is 0 Å². The van der Waals surface area contributed by atoms with Crippen molar-refractivity contribution < 1.29 is 14.0 Å². The van der Waals surface area contributed by atoms with Gasteiger partial charge in [0.25, 0.3) is 0 Å². The summed E-state index contributed by atoms with van der Waals surface area (Å²) in [5.41, 5.74) is 4.08. The van der Waals surface area contributed by atoms with E-state index in [2.05, 4.69) is 17.4 Å². The zero-order chi connectivity index (χ0) is 20.8. The van der Waals surface area contributed by atoms with Crippen molar-refractivity contribution >= 4 is 17.5 Å². The minimum atomic E-state index is -0.835. The molecule has 0 radical (unpaired) electrons. The van der Waals surface area contributed by atoms with Gasteiger partial charge in [0.1, 0.15) is 11.4 Å². The highest BCUT2D eigenvalue weighted by Gasteiger charge is 2.55. The van der Waals surface area contributed by atoms with Gasteiger partial charge in [-0.15, -0.1) is 0 Å². The molecule has 29 heavy (non-hydrogen) atoms. The van der Waals surface area contributed by atoms with Crippen LogP contribution >= 0.6 is 0 Å². The molecule has 1 heterocycles. The van der Waals surface area contributed by atoms with Crippen molar-refractivity contribution in [2.45, 2.75) is 64.5 Å². The van der Waals surface area contributed by atoms with E-state index in [0.717, 1.165) is 40.8 Å². The van der Waals surface area contributed by atoms with Gasteiger partial charge in [-0.25, -0.2) is 4.39 Å². The molecule has 1 N–H and O–H groups in total. The van der Waals surface area contributed by atoms with Crippen LogP contribution < -0.4 is 5.32 Å². The third kappa shape index (κ3) is 3.33. The number of aryl methyl sites for hydroxylation is 3. The Morgan fingerprint density at radius 2 is 1.66 bits per heavy atom. The number of β-lactam (4-membered cyclic amide) rings is 1. The first-order chi connectivity index (χ1) is 13.8. The van der Waals surface area contributed by atoms with Crippen molar-refractivity contribution in [1.82, 2.24) is 4.90 Å². The third-order valence-electron chi connectivity index (χ3n) is 6.43. The van der Waals surface area contributed by atoms with Crippen LogP contribution in [-0.2, 0) is 9.59 Å². The van der Waals surface area contributed by atoms with E-state index in [-0.39, 0.29) is 23.7 Å². The Bertz CT molecular complexity index is 938. The van der Waals surface area contributed by atoms with E-state index in [0.29, 0.717) is 19.3 Å². The Kier molecular flexibility index (Phi) is 4.93. The SMILES string of the molecule is Cc1cc(C)c(NC(=O)C2(N3C(=O)CC3c3ccc(F)cc3)CCCC2)c(C)c1. The number of rotatable bonds is 4. The zero-order valence-electron chi connectivity index (χ0n) is 17.2. The summed E-state index contributed by atoms with van der Waals surface area (Å²) in [5, 5.41) is 3.15. The zero-order valence-corrected chi connectivity index (χ0v) is 17.2. The minimum Gasteiger partial charge on any atom is -0.324 e. The fourth-order valence-electron chi connectivity index (χ4n) is 5.05. The average molecular weight is 394 g/mol. The highest BCUT2D eigenvalue weighted by molar-refractivity contribution is 6.03. The molecule has 1 saturated heterocycles. The Labute approximate surface area is 171 Å². The maximum absolute atomic E-state index is 13.6. The molecule has 2 aliphatic rings. The molecule has 1 aliphatic heterocycles. The number of halogens is 1. The van der Waals surface area contributed by atoms with Crippen LogP contribution in [0.1, 0.15) is 60.4 Å². The van der Waals surface area contributed by atoms with E-state index >= 15 is 0 Å². The van der Waals surface area contributed by atoms with Crippen LogP contribution in [0.25, 0.3) is 0 Å². The number of amides is 2. The number of carbonyl (C=O) groups is 2. The van der Waals surface area contributed by atoms with Crippen molar-refractivity contribution in [3.63, 3.8) is 0 Å². The Morgan fingerprint density at radius 1 is 1.07 bits per heavy atom. The maximum atomic E-state index is 13.6. The van der Waals surface area contributed by atoms with Gasteiger partial charge in [-0.05, 0) is 62.4 Å². The van der Waals surface area contributed by atoms with Crippen LogP contribution in [0.15, 0.2) is 36.4 Å². The molecule has 2 fully saturated rings. The van der Waals surface area contributed by atoms with Crippen LogP contribution in [0.2, 0.25) is 0 Å². The molecule has 1 unspecified atom stereocenters. The molecule has 1 saturated carbocycles. The van der Waals surface area contributed by atoms with E-state index in [1.165, 1.54) is 12.1 Å². The molecule has 4 rings (SSSR count). The third-order valence-corrected chi connectivity index (χ3v) is 6.43. The molecule has 0 aromatic heterocycles. The van der Waals surface area contributed by atoms with E-state index < -0.39 is 5.54 Å². The highest BCUT2D eigenvalue weighted by atomic mass is 19.1. The first kappa shape index (κ1) is 19.6. The number of likely N-dealkylation sites (tertiary alicyclic amines) is 1. The molecule has 0 bridgehead atoms. The van der Waals surface area contributed by atoms with Gasteiger partial charge in [-0.1, -0.05) is 42.7 Å². The molecular formula is C24H27FN2O2. The predicted octanol–water partition coefficient (Wildman–Crippen LogP) is 4.98. The molecule has 2 amide bonds. The number of hydrogen-bond acceptors (Lipinski definition) is 2. The van der Waals surface area contributed by atoms with Crippen LogP contribution in [0.5, 0.6) is 0 Å². The largest absolute Gasteiger partial charge is 0.324 e. The van der Waals surface area contributed by atoms with Crippen LogP contribution in [0, 0.1) is 26.6 Å². The molecule has 152 valence electrons. The van der Waals surface area contributed by atoms with Gasteiger partial charge in [0.2, 0.25) is 11.8 Å². The topological polar surface area (TPSA) is 49.4 Å². The summed E-state index contributed by atoms with van der Waals surface area (Å²) in [7, 11) is 0. The van der Waals surface area contributed by atoms with Crippen molar-refractivity contribution in [3.8, 4) is 0 Å². The first-order valence-electron chi connectivity index (χ1n) is 10.3. The first-order valence-corrected chi connectivity index (χ1v) is 10.3. The normalized spacial score (nSPS) is 20.5. The quantitative estimate of drug-likeness (QED) is 0.744. The van der Waals surface area contributed by atoms with Crippen molar-refractivity contribution in [1.29, 1.82) is 0 Å². The molecule has 5 heteroatoms. The van der Waals surface area contributed by atoms with E-state index in [9.17, 15) is 14.0 Å². The van der Waals surface area contributed by atoms with Crippen LogP contribution in [0.3, 0.4) is 0 Å². The van der Waals surface area contributed by atoms with Crippen molar-refractivity contribution in [3.05, 3.63) is 64.5 Å². The minimum absolute atomic E-state index is 0.00581. The second kappa shape index (κ2) is 7.29. The fraction of sp³-hybridized carbons (Fsp3) is 0.417. The molecule has 2 aromatic rings. The maximum Gasteiger partial charge on any atom is 0.250 e. The van der Waals surface area contributed by atoms with Crippen molar-refractivity contribution in [2.75, 3.05) is 5.32 Å². The number of carbonyl (C=O) groups excluding carboxylic acids is 2. The lowest BCUT2D eigenvalue weighted by atomic mass is 9.83. The predicted molar refractivity (Wildman–Crippen MR) is 111 cm³/mol. The summed E-state index contributed by atoms with van der Waals surface area (Å²) in [4.78, 5) is 28.0. The summed E-state index contributed by atoms with van der Waals surface area (Å²) >= 11 is 0.